The van der Waals surface area contributed by atoms with Crippen molar-refractivity contribution in [3.05, 3.63) is 16.3 Å². The number of aryl methyl sites for hydroxylation is 1. The third-order valence-electron chi connectivity index (χ3n) is 3.41. The van der Waals surface area contributed by atoms with Crippen LogP contribution in [0.5, 0.6) is 0 Å². The Bertz CT molecular complexity index is 496. The largest absolute Gasteiger partial charge is 0.310 e. The molecule has 1 aliphatic heterocycles. The van der Waals surface area contributed by atoms with Gasteiger partial charge in [0.2, 0.25) is 11.8 Å². The fourth-order valence-corrected chi connectivity index (χ4v) is 3.19. The van der Waals surface area contributed by atoms with E-state index >= 15 is 0 Å². The van der Waals surface area contributed by atoms with E-state index in [0.29, 0.717) is 13.0 Å². The van der Waals surface area contributed by atoms with E-state index in [0.717, 1.165) is 18.5 Å². The van der Waals surface area contributed by atoms with Gasteiger partial charge in [-0.05, 0) is 38.1 Å². The Morgan fingerprint density at radius 2 is 2.26 bits per heavy atom. The third kappa shape index (κ3) is 2.79. The number of thiophene rings is 1. The van der Waals surface area contributed by atoms with E-state index in [4.69, 9.17) is 5.84 Å². The van der Waals surface area contributed by atoms with Crippen molar-refractivity contribution in [3.63, 3.8) is 0 Å². The molecule has 2 amide bonds. The van der Waals surface area contributed by atoms with Gasteiger partial charge in [-0.1, -0.05) is 0 Å². The summed E-state index contributed by atoms with van der Waals surface area (Å²) in [6.07, 6.45) is 2.33. The van der Waals surface area contributed by atoms with Gasteiger partial charge in [0.1, 0.15) is 0 Å². The van der Waals surface area contributed by atoms with Gasteiger partial charge in [0.05, 0.1) is 11.1 Å². The minimum atomic E-state index is -0.714. The number of rotatable bonds is 3. The lowest BCUT2D eigenvalue weighted by atomic mass is 9.91. The van der Waals surface area contributed by atoms with Gasteiger partial charge in [-0.3, -0.25) is 15.0 Å². The fraction of sp³-hybridized carbons (Fsp3) is 0.538. The zero-order chi connectivity index (χ0) is 14.0. The maximum atomic E-state index is 12.2. The van der Waals surface area contributed by atoms with E-state index in [1.807, 2.05) is 11.4 Å². The number of carbonyl (C=O) groups excluding carboxylic acids is 2. The van der Waals surface area contributed by atoms with Gasteiger partial charge in [-0.25, -0.2) is 5.84 Å². The van der Waals surface area contributed by atoms with Crippen LogP contribution in [0.1, 0.15) is 31.6 Å². The summed E-state index contributed by atoms with van der Waals surface area (Å²) in [5, 5.41) is 1.99. The molecule has 2 rings (SSSR count). The van der Waals surface area contributed by atoms with Crippen LogP contribution >= 0.6 is 11.3 Å². The number of hydrogen-bond acceptors (Lipinski definition) is 4. The number of nitrogens with two attached hydrogens (primary N) is 1. The molecular formula is C13H19N3O2S. The molecular weight excluding hydrogens is 262 g/mol. The van der Waals surface area contributed by atoms with E-state index < -0.39 is 5.41 Å². The molecule has 0 spiro atoms. The first-order valence-electron chi connectivity index (χ1n) is 6.33. The minimum Gasteiger partial charge on any atom is -0.310 e. The van der Waals surface area contributed by atoms with Crippen LogP contribution in [0.3, 0.4) is 0 Å². The van der Waals surface area contributed by atoms with Crippen molar-refractivity contribution in [1.82, 2.24) is 5.43 Å². The third-order valence-corrected chi connectivity index (χ3v) is 4.38. The Morgan fingerprint density at radius 3 is 2.95 bits per heavy atom. The van der Waals surface area contributed by atoms with Crippen molar-refractivity contribution >= 4 is 28.8 Å². The lowest BCUT2D eigenvalue weighted by Crippen LogP contribution is -2.48. The van der Waals surface area contributed by atoms with Crippen LogP contribution in [-0.4, -0.2) is 18.4 Å². The molecule has 0 fully saturated rings. The van der Waals surface area contributed by atoms with Crippen molar-refractivity contribution in [2.75, 3.05) is 11.4 Å². The molecule has 1 aliphatic rings. The van der Waals surface area contributed by atoms with Crippen molar-refractivity contribution in [2.24, 2.45) is 11.3 Å². The van der Waals surface area contributed by atoms with Crippen molar-refractivity contribution in [2.45, 2.75) is 33.1 Å². The Morgan fingerprint density at radius 1 is 1.53 bits per heavy atom. The lowest BCUT2D eigenvalue weighted by molar-refractivity contribution is -0.129. The molecule has 0 atom stereocenters. The van der Waals surface area contributed by atoms with Crippen molar-refractivity contribution in [3.8, 4) is 0 Å². The number of hydrogen-bond donors (Lipinski definition) is 2. The van der Waals surface area contributed by atoms with Gasteiger partial charge in [-0.15, -0.1) is 11.3 Å². The highest BCUT2D eigenvalue weighted by Crippen LogP contribution is 2.33. The average Bonchev–Trinajstić information content (AvgIpc) is 2.77. The quantitative estimate of drug-likeness (QED) is 0.500. The smallest absolute Gasteiger partial charge is 0.241 e. The predicted molar refractivity (Wildman–Crippen MR) is 75.7 cm³/mol. The second-order valence-corrected chi connectivity index (χ2v) is 6.42. The van der Waals surface area contributed by atoms with Gasteiger partial charge in [0.25, 0.3) is 0 Å². The molecule has 2 heterocycles. The second-order valence-electron chi connectivity index (χ2n) is 5.42. The van der Waals surface area contributed by atoms with E-state index in [2.05, 4.69) is 5.43 Å². The topological polar surface area (TPSA) is 75.4 Å². The molecule has 19 heavy (non-hydrogen) atoms. The highest BCUT2D eigenvalue weighted by atomic mass is 32.1. The van der Waals surface area contributed by atoms with Gasteiger partial charge < -0.3 is 4.90 Å². The zero-order valence-corrected chi connectivity index (χ0v) is 12.0. The Kier molecular flexibility index (Phi) is 3.91. The van der Waals surface area contributed by atoms with E-state index in [9.17, 15) is 9.59 Å². The summed E-state index contributed by atoms with van der Waals surface area (Å²) < 4.78 is 0. The van der Waals surface area contributed by atoms with Crippen LogP contribution in [0.2, 0.25) is 0 Å². The first-order chi connectivity index (χ1) is 8.95. The molecule has 1 aromatic rings. The van der Waals surface area contributed by atoms with Gasteiger partial charge in [0, 0.05) is 17.8 Å². The Balaban J connectivity index is 2.28. The molecule has 1 aromatic heterocycles. The van der Waals surface area contributed by atoms with E-state index in [1.165, 1.54) is 4.88 Å². The summed E-state index contributed by atoms with van der Waals surface area (Å²) in [6, 6.07) is 1.96. The Labute approximate surface area is 116 Å². The standard InChI is InChI=1S/C13H19N3O2S/c1-13(2,12(18)15-14)8-16-9-6-7-19-10(9)4-3-5-11(16)17/h6-7H,3-5,8,14H2,1-2H3,(H,15,18). The zero-order valence-electron chi connectivity index (χ0n) is 11.2. The molecule has 0 aliphatic carbocycles. The summed E-state index contributed by atoms with van der Waals surface area (Å²) >= 11 is 1.67. The molecule has 6 heteroatoms. The number of nitrogens with zero attached hydrogens (tertiary/aromatic N) is 1. The van der Waals surface area contributed by atoms with Crippen LogP contribution in [0, 0.1) is 5.41 Å². The van der Waals surface area contributed by atoms with Gasteiger partial charge in [-0.2, -0.15) is 0 Å². The SMILES string of the molecule is CC(C)(CN1C(=O)CCCc2sccc21)C(=O)NN. The molecule has 0 aromatic carbocycles. The molecule has 104 valence electrons. The predicted octanol–water partition coefficient (Wildman–Crippen LogP) is 1.43. The van der Waals surface area contributed by atoms with Crippen LogP contribution in [0.15, 0.2) is 11.4 Å². The molecule has 0 saturated carbocycles. The monoisotopic (exact) mass is 281 g/mol. The van der Waals surface area contributed by atoms with Crippen molar-refractivity contribution in [1.29, 1.82) is 0 Å². The van der Waals surface area contributed by atoms with Crippen LogP contribution < -0.4 is 16.2 Å². The highest BCUT2D eigenvalue weighted by molar-refractivity contribution is 7.10. The van der Waals surface area contributed by atoms with E-state index in [-0.39, 0.29) is 11.8 Å². The second kappa shape index (κ2) is 5.30. The summed E-state index contributed by atoms with van der Waals surface area (Å²) in [5.41, 5.74) is 2.40. The first-order valence-corrected chi connectivity index (χ1v) is 7.21. The van der Waals surface area contributed by atoms with Crippen molar-refractivity contribution < 1.29 is 9.59 Å². The van der Waals surface area contributed by atoms with Crippen LogP contribution in [0.25, 0.3) is 0 Å². The normalized spacial score (nSPS) is 15.9. The van der Waals surface area contributed by atoms with Gasteiger partial charge in [0.15, 0.2) is 0 Å². The van der Waals surface area contributed by atoms with Crippen LogP contribution in [0.4, 0.5) is 5.69 Å². The highest BCUT2D eigenvalue weighted by Gasteiger charge is 2.34. The number of nitrogens with one attached hydrogen (secondary N) is 1. The summed E-state index contributed by atoms with van der Waals surface area (Å²) in [5.74, 6) is 5.02. The summed E-state index contributed by atoms with van der Waals surface area (Å²) in [4.78, 5) is 27.0. The fourth-order valence-electron chi connectivity index (χ4n) is 2.27. The molecule has 5 nitrogen and oxygen atoms in total. The number of anilines is 1. The lowest BCUT2D eigenvalue weighted by Gasteiger charge is -2.30. The first kappa shape index (κ1) is 14.0. The molecule has 0 radical (unpaired) electrons. The Hall–Kier alpha value is -1.40. The van der Waals surface area contributed by atoms with E-state index in [1.54, 1.807) is 30.1 Å². The molecule has 3 N–H and O–H groups in total. The average molecular weight is 281 g/mol. The summed E-state index contributed by atoms with van der Waals surface area (Å²) in [7, 11) is 0. The number of carbonyl (C=O) groups is 2. The maximum absolute atomic E-state index is 12.2. The maximum Gasteiger partial charge on any atom is 0.241 e. The molecule has 0 saturated heterocycles. The number of hydrazine groups is 1. The van der Waals surface area contributed by atoms with Crippen LogP contribution in [-0.2, 0) is 16.0 Å². The number of fused-ring (bicyclic) bond motifs is 1. The number of amides is 2. The van der Waals surface area contributed by atoms with Gasteiger partial charge >= 0.3 is 0 Å². The molecule has 0 unspecified atom stereocenters. The molecule has 0 bridgehead atoms. The minimum absolute atomic E-state index is 0.0787. The summed E-state index contributed by atoms with van der Waals surface area (Å²) in [6.45, 7) is 3.93.